The van der Waals surface area contributed by atoms with E-state index in [2.05, 4.69) is 5.32 Å². The summed E-state index contributed by atoms with van der Waals surface area (Å²) in [6, 6.07) is 27.4. The highest BCUT2D eigenvalue weighted by Gasteiger charge is 2.24. The zero-order chi connectivity index (χ0) is 18.4. The van der Waals surface area contributed by atoms with E-state index in [1.54, 1.807) is 7.11 Å². The first-order chi connectivity index (χ1) is 12.7. The lowest BCUT2D eigenvalue weighted by atomic mass is 9.90. The maximum absolute atomic E-state index is 13.1. The Kier molecular flexibility index (Phi) is 5.69. The highest BCUT2D eigenvalue weighted by atomic mass is 16.5. The van der Waals surface area contributed by atoms with Crippen LogP contribution in [0.5, 0.6) is 5.75 Å². The second-order valence-corrected chi connectivity index (χ2v) is 6.26. The van der Waals surface area contributed by atoms with Crippen molar-refractivity contribution in [3.8, 4) is 5.75 Å². The van der Waals surface area contributed by atoms with E-state index in [0.29, 0.717) is 0 Å². The van der Waals surface area contributed by atoms with Crippen LogP contribution >= 0.6 is 0 Å². The molecule has 0 saturated carbocycles. The van der Waals surface area contributed by atoms with E-state index < -0.39 is 0 Å². The Balaban J connectivity index is 1.83. The van der Waals surface area contributed by atoms with Gasteiger partial charge in [-0.05, 0) is 35.7 Å². The van der Waals surface area contributed by atoms with Crippen molar-refractivity contribution in [2.75, 3.05) is 7.11 Å². The van der Waals surface area contributed by atoms with Crippen molar-refractivity contribution in [1.29, 1.82) is 0 Å². The number of nitrogens with one attached hydrogen (secondary N) is 1. The molecule has 0 fully saturated rings. The van der Waals surface area contributed by atoms with Gasteiger partial charge in [-0.1, -0.05) is 72.8 Å². The van der Waals surface area contributed by atoms with Crippen LogP contribution in [-0.2, 0) is 4.79 Å². The monoisotopic (exact) mass is 345 g/mol. The Hall–Kier alpha value is -3.07. The summed E-state index contributed by atoms with van der Waals surface area (Å²) in [6.45, 7) is 1.99. The molecule has 3 aromatic carbocycles. The summed E-state index contributed by atoms with van der Waals surface area (Å²) < 4.78 is 5.20. The van der Waals surface area contributed by atoms with Gasteiger partial charge in [0.05, 0.1) is 19.1 Å². The van der Waals surface area contributed by atoms with Crippen LogP contribution in [0.25, 0.3) is 0 Å². The third-order valence-corrected chi connectivity index (χ3v) is 4.50. The van der Waals surface area contributed by atoms with E-state index in [1.165, 1.54) is 0 Å². The number of ether oxygens (including phenoxy) is 1. The van der Waals surface area contributed by atoms with Gasteiger partial charge in [-0.2, -0.15) is 0 Å². The Morgan fingerprint density at radius 3 is 1.73 bits per heavy atom. The zero-order valence-corrected chi connectivity index (χ0v) is 15.1. The van der Waals surface area contributed by atoms with E-state index in [-0.39, 0.29) is 17.9 Å². The quantitative estimate of drug-likeness (QED) is 0.703. The predicted octanol–water partition coefficient (Wildman–Crippen LogP) is 4.70. The maximum Gasteiger partial charge on any atom is 0.232 e. The minimum atomic E-state index is -0.335. The van der Waals surface area contributed by atoms with Crippen LogP contribution in [-0.4, -0.2) is 13.0 Å². The Morgan fingerprint density at radius 2 is 1.27 bits per heavy atom. The fraction of sp³-hybridized carbons (Fsp3) is 0.174. The van der Waals surface area contributed by atoms with Crippen molar-refractivity contribution in [3.05, 3.63) is 102 Å². The molecule has 0 aliphatic rings. The molecule has 1 unspecified atom stereocenters. The van der Waals surface area contributed by atoms with Crippen LogP contribution in [0.1, 0.15) is 35.6 Å². The van der Waals surface area contributed by atoms with Crippen molar-refractivity contribution < 1.29 is 9.53 Å². The van der Waals surface area contributed by atoms with Crippen molar-refractivity contribution >= 4 is 5.91 Å². The number of methoxy groups -OCH3 is 1. The molecule has 0 spiro atoms. The van der Waals surface area contributed by atoms with Crippen LogP contribution in [0.3, 0.4) is 0 Å². The van der Waals surface area contributed by atoms with Crippen LogP contribution in [0.2, 0.25) is 0 Å². The number of rotatable bonds is 6. The molecule has 3 rings (SSSR count). The van der Waals surface area contributed by atoms with Gasteiger partial charge in [0.2, 0.25) is 5.91 Å². The number of hydrogen-bond donors (Lipinski definition) is 1. The van der Waals surface area contributed by atoms with E-state index in [0.717, 1.165) is 22.4 Å². The second kappa shape index (κ2) is 8.34. The van der Waals surface area contributed by atoms with Gasteiger partial charge in [0.1, 0.15) is 5.75 Å². The minimum absolute atomic E-state index is 0.00859. The highest BCUT2D eigenvalue weighted by Crippen LogP contribution is 2.26. The summed E-state index contributed by atoms with van der Waals surface area (Å²) in [5.74, 6) is 0.461. The molecular formula is C23H23NO2. The summed E-state index contributed by atoms with van der Waals surface area (Å²) in [5, 5.41) is 3.15. The number of benzene rings is 3. The topological polar surface area (TPSA) is 38.3 Å². The Bertz CT molecular complexity index is 790. The maximum atomic E-state index is 13.1. The molecule has 0 heterocycles. The second-order valence-electron chi connectivity index (χ2n) is 6.26. The van der Waals surface area contributed by atoms with Gasteiger partial charge >= 0.3 is 0 Å². The molecule has 0 aliphatic heterocycles. The molecule has 0 saturated heterocycles. The molecule has 0 aliphatic carbocycles. The molecule has 3 nitrogen and oxygen atoms in total. The molecule has 0 radical (unpaired) electrons. The van der Waals surface area contributed by atoms with Crippen LogP contribution in [0.15, 0.2) is 84.9 Å². The summed E-state index contributed by atoms with van der Waals surface area (Å²) in [7, 11) is 1.64. The van der Waals surface area contributed by atoms with Crippen molar-refractivity contribution in [1.82, 2.24) is 5.32 Å². The lowest BCUT2D eigenvalue weighted by Gasteiger charge is -2.21. The fourth-order valence-corrected chi connectivity index (χ4v) is 3.06. The van der Waals surface area contributed by atoms with E-state index >= 15 is 0 Å². The van der Waals surface area contributed by atoms with Gasteiger partial charge < -0.3 is 10.1 Å². The van der Waals surface area contributed by atoms with Crippen molar-refractivity contribution in [2.24, 2.45) is 0 Å². The average molecular weight is 345 g/mol. The Labute approximate surface area is 154 Å². The predicted molar refractivity (Wildman–Crippen MR) is 104 cm³/mol. The molecule has 3 aromatic rings. The first kappa shape index (κ1) is 17.7. The summed E-state index contributed by atoms with van der Waals surface area (Å²) in [6.07, 6.45) is 0. The molecule has 1 atom stereocenters. The summed E-state index contributed by atoms with van der Waals surface area (Å²) >= 11 is 0. The molecule has 132 valence electrons. The third-order valence-electron chi connectivity index (χ3n) is 4.50. The standard InChI is InChI=1S/C23H23NO2/c1-17(18-13-15-21(26-2)16-14-18)24-23(25)22(19-9-5-3-6-10-19)20-11-7-4-8-12-20/h3-17,22H,1-2H3,(H,24,25). The van der Waals surface area contributed by atoms with Gasteiger partial charge in [0.15, 0.2) is 0 Å². The number of hydrogen-bond acceptors (Lipinski definition) is 2. The molecule has 3 heteroatoms. The summed E-state index contributed by atoms with van der Waals surface area (Å²) in [5.41, 5.74) is 3.01. The molecular weight excluding hydrogens is 322 g/mol. The van der Waals surface area contributed by atoms with Gasteiger partial charge in [-0.25, -0.2) is 0 Å². The SMILES string of the molecule is COc1ccc(C(C)NC(=O)C(c2ccccc2)c2ccccc2)cc1. The largest absolute Gasteiger partial charge is 0.497 e. The smallest absolute Gasteiger partial charge is 0.232 e. The fourth-order valence-electron chi connectivity index (χ4n) is 3.06. The molecule has 1 N–H and O–H groups in total. The van der Waals surface area contributed by atoms with E-state index in [1.807, 2.05) is 91.9 Å². The summed E-state index contributed by atoms with van der Waals surface area (Å²) in [4.78, 5) is 13.1. The van der Waals surface area contributed by atoms with Gasteiger partial charge in [0, 0.05) is 0 Å². The minimum Gasteiger partial charge on any atom is -0.497 e. The van der Waals surface area contributed by atoms with Crippen molar-refractivity contribution in [3.63, 3.8) is 0 Å². The lowest BCUT2D eigenvalue weighted by Crippen LogP contribution is -2.32. The molecule has 0 aromatic heterocycles. The van der Waals surface area contributed by atoms with Crippen LogP contribution in [0.4, 0.5) is 0 Å². The molecule has 26 heavy (non-hydrogen) atoms. The Morgan fingerprint density at radius 1 is 0.769 bits per heavy atom. The molecule has 0 bridgehead atoms. The van der Waals surface area contributed by atoms with Crippen molar-refractivity contribution in [2.45, 2.75) is 18.9 Å². The third kappa shape index (κ3) is 4.12. The first-order valence-electron chi connectivity index (χ1n) is 8.73. The normalized spacial score (nSPS) is 11.8. The highest BCUT2D eigenvalue weighted by molar-refractivity contribution is 5.87. The van der Waals surface area contributed by atoms with E-state index in [9.17, 15) is 4.79 Å². The first-order valence-corrected chi connectivity index (χ1v) is 8.73. The number of amides is 1. The van der Waals surface area contributed by atoms with Crippen LogP contribution < -0.4 is 10.1 Å². The van der Waals surface area contributed by atoms with Gasteiger partial charge in [-0.15, -0.1) is 0 Å². The number of carbonyl (C=O) groups excluding carboxylic acids is 1. The van der Waals surface area contributed by atoms with E-state index in [4.69, 9.17) is 4.74 Å². The lowest BCUT2D eigenvalue weighted by molar-refractivity contribution is -0.122. The number of carbonyl (C=O) groups is 1. The van der Waals surface area contributed by atoms with Gasteiger partial charge in [-0.3, -0.25) is 4.79 Å². The van der Waals surface area contributed by atoms with Gasteiger partial charge in [0.25, 0.3) is 0 Å². The van der Waals surface area contributed by atoms with Crippen LogP contribution in [0, 0.1) is 0 Å². The zero-order valence-electron chi connectivity index (χ0n) is 15.1. The average Bonchev–Trinajstić information content (AvgIpc) is 2.70. The molecule has 1 amide bonds.